The summed E-state index contributed by atoms with van der Waals surface area (Å²) in [5.74, 6) is -0.666. The van der Waals surface area contributed by atoms with Crippen LogP contribution in [0.25, 0.3) is 10.9 Å². The van der Waals surface area contributed by atoms with E-state index in [1.165, 1.54) is 0 Å². The third kappa shape index (κ3) is 3.68. The molecule has 0 aliphatic carbocycles. The molecule has 0 unspecified atom stereocenters. The number of nitrogens with zero attached hydrogens (tertiary/aromatic N) is 2. The van der Waals surface area contributed by atoms with E-state index in [0.717, 1.165) is 16.5 Å². The Bertz CT molecular complexity index is 771. The Kier molecular flexibility index (Phi) is 5.60. The third-order valence-electron chi connectivity index (χ3n) is 3.13. The second-order valence-electron chi connectivity index (χ2n) is 4.65. The van der Waals surface area contributed by atoms with E-state index in [9.17, 15) is 4.79 Å². The second kappa shape index (κ2) is 7.45. The van der Waals surface area contributed by atoms with E-state index in [1.54, 1.807) is 0 Å². The molecule has 0 saturated carbocycles. The van der Waals surface area contributed by atoms with Crippen molar-refractivity contribution in [3.8, 4) is 5.88 Å². The Hall–Kier alpha value is -1.82. The van der Waals surface area contributed by atoms with Crippen molar-refractivity contribution in [1.82, 2.24) is 9.78 Å². The van der Waals surface area contributed by atoms with E-state index in [0.29, 0.717) is 12.4 Å². The van der Waals surface area contributed by atoms with Crippen molar-refractivity contribution in [3.05, 3.63) is 60.2 Å². The Morgan fingerprint density at radius 1 is 1.09 bits per heavy atom. The minimum Gasteiger partial charge on any atom is -0.479 e. The number of hydrogen-bond donors (Lipinski definition) is 1. The number of hydrogen-bond acceptors (Lipinski definition) is 3. The molecule has 0 aliphatic rings. The predicted molar refractivity (Wildman–Crippen MR) is 84.2 cm³/mol. The summed E-state index contributed by atoms with van der Waals surface area (Å²) in [5, 5.41) is 13.9. The molecule has 107 valence electrons. The van der Waals surface area contributed by atoms with Crippen LogP contribution in [0.15, 0.2) is 54.6 Å². The molecule has 0 aliphatic heterocycles. The van der Waals surface area contributed by atoms with Crippen LogP contribution in [-0.2, 0) is 11.3 Å². The van der Waals surface area contributed by atoms with Crippen LogP contribution in [-0.4, -0.2) is 57.0 Å². The van der Waals surface area contributed by atoms with E-state index in [1.807, 2.05) is 59.3 Å². The molecular weight excluding hydrogens is 291 g/mol. The fourth-order valence-corrected chi connectivity index (χ4v) is 2.21. The maximum atomic E-state index is 10.6. The molecule has 0 atom stereocenters. The molecule has 1 radical (unpaired) electrons. The van der Waals surface area contributed by atoms with Crippen molar-refractivity contribution in [2.75, 3.05) is 6.61 Å². The predicted octanol–water partition coefficient (Wildman–Crippen LogP) is 2.17. The minimum absolute atomic E-state index is 0. The van der Waals surface area contributed by atoms with Gasteiger partial charge in [0, 0.05) is 29.6 Å². The summed E-state index contributed by atoms with van der Waals surface area (Å²) >= 11 is 0. The second-order valence-corrected chi connectivity index (χ2v) is 4.65. The Morgan fingerprint density at radius 2 is 1.77 bits per heavy atom. The molecule has 3 rings (SSSR count). The number of fused-ring (bicyclic) bond motifs is 1. The number of aromatic nitrogens is 2. The summed E-state index contributed by atoms with van der Waals surface area (Å²) in [6, 6.07) is 17.6. The molecule has 1 heterocycles. The molecule has 3 aromatic rings. The molecule has 1 N–H and O–H groups in total. The standard InChI is InChI=1S/C16H14N2O3.Na/c19-15(20)11-21-16-13-8-4-5-9-14(13)18(17-16)10-12-6-2-1-3-7-12;/h1-9H,10-11H2,(H,19,20);. The Morgan fingerprint density at radius 3 is 2.50 bits per heavy atom. The SMILES string of the molecule is O=C(O)COc1nn(Cc2ccccc2)c2ccccc12.[Na]. The molecule has 0 fully saturated rings. The van der Waals surface area contributed by atoms with E-state index >= 15 is 0 Å². The first-order valence-corrected chi connectivity index (χ1v) is 6.58. The molecule has 0 saturated heterocycles. The molecule has 2 aromatic carbocycles. The average Bonchev–Trinajstić information content (AvgIpc) is 2.85. The first-order valence-electron chi connectivity index (χ1n) is 6.58. The molecule has 0 spiro atoms. The van der Waals surface area contributed by atoms with Crippen molar-refractivity contribution in [2.24, 2.45) is 0 Å². The van der Waals surface area contributed by atoms with Gasteiger partial charge in [-0.05, 0) is 17.7 Å². The van der Waals surface area contributed by atoms with Gasteiger partial charge in [0.05, 0.1) is 17.4 Å². The maximum Gasteiger partial charge on any atom is 0.341 e. The van der Waals surface area contributed by atoms with E-state index in [4.69, 9.17) is 9.84 Å². The van der Waals surface area contributed by atoms with Crippen molar-refractivity contribution in [2.45, 2.75) is 6.54 Å². The van der Waals surface area contributed by atoms with Gasteiger partial charge in [0.15, 0.2) is 6.61 Å². The largest absolute Gasteiger partial charge is 0.479 e. The molecule has 22 heavy (non-hydrogen) atoms. The summed E-state index contributed by atoms with van der Waals surface area (Å²) in [5.41, 5.74) is 2.04. The number of rotatable bonds is 5. The van der Waals surface area contributed by atoms with Crippen molar-refractivity contribution in [1.29, 1.82) is 0 Å². The van der Waals surface area contributed by atoms with Gasteiger partial charge in [-0.1, -0.05) is 42.5 Å². The van der Waals surface area contributed by atoms with Crippen molar-refractivity contribution < 1.29 is 14.6 Å². The van der Waals surface area contributed by atoms with Gasteiger partial charge in [0.2, 0.25) is 5.88 Å². The van der Waals surface area contributed by atoms with Crippen LogP contribution in [0.4, 0.5) is 0 Å². The van der Waals surface area contributed by atoms with Crippen LogP contribution >= 0.6 is 0 Å². The number of carboxylic acids is 1. The first-order chi connectivity index (χ1) is 10.2. The van der Waals surface area contributed by atoms with Gasteiger partial charge < -0.3 is 9.84 Å². The van der Waals surface area contributed by atoms with Gasteiger partial charge in [-0.15, -0.1) is 5.10 Å². The summed E-state index contributed by atoms with van der Waals surface area (Å²) < 4.78 is 7.09. The van der Waals surface area contributed by atoms with Gasteiger partial charge >= 0.3 is 5.97 Å². The minimum atomic E-state index is -1.02. The van der Waals surface area contributed by atoms with Gasteiger partial charge in [0.1, 0.15) is 0 Å². The zero-order valence-electron chi connectivity index (χ0n) is 12.3. The van der Waals surface area contributed by atoms with Crippen LogP contribution in [0, 0.1) is 0 Å². The van der Waals surface area contributed by atoms with E-state index in [2.05, 4.69) is 5.10 Å². The fourth-order valence-electron chi connectivity index (χ4n) is 2.21. The summed E-state index contributed by atoms with van der Waals surface area (Å²) in [7, 11) is 0. The molecule has 6 heteroatoms. The normalized spacial score (nSPS) is 10.2. The van der Waals surface area contributed by atoms with Crippen molar-refractivity contribution >= 4 is 46.4 Å². The number of aliphatic carboxylic acids is 1. The van der Waals surface area contributed by atoms with E-state index in [-0.39, 0.29) is 29.6 Å². The maximum absolute atomic E-state index is 10.6. The number of ether oxygens (including phenoxy) is 1. The van der Waals surface area contributed by atoms with Crippen LogP contribution in [0.2, 0.25) is 0 Å². The van der Waals surface area contributed by atoms with Crippen LogP contribution in [0.1, 0.15) is 5.56 Å². The zero-order valence-corrected chi connectivity index (χ0v) is 14.3. The average molecular weight is 305 g/mol. The summed E-state index contributed by atoms with van der Waals surface area (Å²) in [4.78, 5) is 10.6. The molecule has 1 aromatic heterocycles. The van der Waals surface area contributed by atoms with Crippen LogP contribution in [0.5, 0.6) is 5.88 Å². The van der Waals surface area contributed by atoms with Gasteiger partial charge in [-0.3, -0.25) is 4.68 Å². The van der Waals surface area contributed by atoms with Crippen molar-refractivity contribution in [3.63, 3.8) is 0 Å². The molecule has 5 nitrogen and oxygen atoms in total. The fraction of sp³-hybridized carbons (Fsp3) is 0.125. The Labute approximate surface area is 149 Å². The first kappa shape index (κ1) is 16.5. The summed E-state index contributed by atoms with van der Waals surface area (Å²) in [6.45, 7) is 0.212. The number of benzene rings is 2. The molecule has 0 amide bonds. The molecule has 0 bridgehead atoms. The number of carboxylic acid groups (broad SMARTS) is 1. The quantitative estimate of drug-likeness (QED) is 0.734. The summed E-state index contributed by atoms with van der Waals surface area (Å²) in [6.07, 6.45) is 0. The topological polar surface area (TPSA) is 64.3 Å². The number of carbonyl (C=O) groups is 1. The third-order valence-corrected chi connectivity index (χ3v) is 3.13. The zero-order chi connectivity index (χ0) is 14.7. The van der Waals surface area contributed by atoms with Gasteiger partial charge in [-0.2, -0.15) is 0 Å². The number of para-hydroxylation sites is 1. The van der Waals surface area contributed by atoms with E-state index < -0.39 is 12.6 Å². The Balaban J connectivity index is 0.00000176. The van der Waals surface area contributed by atoms with Gasteiger partial charge in [0.25, 0.3) is 0 Å². The molecular formula is C16H14N2NaO3. The smallest absolute Gasteiger partial charge is 0.341 e. The monoisotopic (exact) mass is 305 g/mol. The van der Waals surface area contributed by atoms with Gasteiger partial charge in [-0.25, -0.2) is 4.79 Å². The van der Waals surface area contributed by atoms with Crippen LogP contribution < -0.4 is 4.74 Å². The van der Waals surface area contributed by atoms with Crippen LogP contribution in [0.3, 0.4) is 0 Å².